The van der Waals surface area contributed by atoms with Crippen molar-refractivity contribution in [1.29, 1.82) is 0 Å². The third kappa shape index (κ3) is 5.18. The predicted molar refractivity (Wildman–Crippen MR) is 103 cm³/mol. The van der Waals surface area contributed by atoms with Crippen LogP contribution in [0.25, 0.3) is 0 Å². The van der Waals surface area contributed by atoms with Crippen LogP contribution < -0.4 is 5.73 Å². The first-order valence-corrected chi connectivity index (χ1v) is 10.6. The molecule has 25 heavy (non-hydrogen) atoms. The van der Waals surface area contributed by atoms with Crippen LogP contribution in [0.3, 0.4) is 0 Å². The van der Waals surface area contributed by atoms with Crippen LogP contribution in [0.15, 0.2) is 23.8 Å². The first kappa shape index (κ1) is 19.1. The average Bonchev–Trinajstić information content (AvgIpc) is 3.27. The molecule has 0 spiro atoms. The Kier molecular flexibility index (Phi) is 7.15. The summed E-state index contributed by atoms with van der Waals surface area (Å²) in [6.07, 6.45) is 18.9. The Morgan fingerprint density at radius 2 is 2.00 bits per heavy atom. The Labute approximate surface area is 153 Å². The van der Waals surface area contributed by atoms with Crippen molar-refractivity contribution in [2.45, 2.75) is 82.8 Å². The fraction of sp³-hybridized carbons (Fsp3) is 0.818. The molecule has 0 bridgehead atoms. The van der Waals surface area contributed by atoms with Crippen molar-refractivity contribution in [2.24, 2.45) is 29.4 Å². The van der Waals surface area contributed by atoms with Crippen LogP contribution in [0, 0.1) is 23.7 Å². The molecule has 142 valence electrons. The van der Waals surface area contributed by atoms with Crippen LogP contribution in [-0.4, -0.2) is 29.0 Å². The van der Waals surface area contributed by atoms with E-state index < -0.39 is 0 Å². The SMILES string of the molecule is NCCCCCC1=C[C@H]2C[C@@H](O)[C@H](C=C[C@@H](O)CC3CCCC3)[C@H]2C1. The van der Waals surface area contributed by atoms with E-state index in [4.69, 9.17) is 5.73 Å². The van der Waals surface area contributed by atoms with E-state index in [9.17, 15) is 10.2 Å². The maximum Gasteiger partial charge on any atom is 0.0723 e. The van der Waals surface area contributed by atoms with Gasteiger partial charge in [-0.1, -0.05) is 55.9 Å². The maximum absolute atomic E-state index is 10.4. The van der Waals surface area contributed by atoms with Gasteiger partial charge in [-0.3, -0.25) is 0 Å². The lowest BCUT2D eigenvalue weighted by atomic mass is 9.88. The molecule has 0 saturated heterocycles. The number of aliphatic hydroxyl groups is 2. The molecule has 0 unspecified atom stereocenters. The third-order valence-electron chi connectivity index (χ3n) is 6.76. The van der Waals surface area contributed by atoms with Crippen LogP contribution in [0.5, 0.6) is 0 Å². The van der Waals surface area contributed by atoms with Crippen molar-refractivity contribution in [2.75, 3.05) is 6.54 Å². The van der Waals surface area contributed by atoms with Crippen molar-refractivity contribution in [1.82, 2.24) is 0 Å². The molecule has 3 nitrogen and oxygen atoms in total. The van der Waals surface area contributed by atoms with Gasteiger partial charge in [0.25, 0.3) is 0 Å². The lowest BCUT2D eigenvalue weighted by Gasteiger charge is -2.19. The fourth-order valence-electron chi connectivity index (χ4n) is 5.39. The average molecular weight is 348 g/mol. The van der Waals surface area contributed by atoms with Gasteiger partial charge in [0, 0.05) is 5.92 Å². The Balaban J connectivity index is 1.47. The maximum atomic E-state index is 10.4. The largest absolute Gasteiger partial charge is 0.392 e. The van der Waals surface area contributed by atoms with Crippen molar-refractivity contribution in [3.05, 3.63) is 23.8 Å². The molecule has 3 aliphatic carbocycles. The van der Waals surface area contributed by atoms with Gasteiger partial charge in [-0.15, -0.1) is 0 Å². The van der Waals surface area contributed by atoms with Gasteiger partial charge in [-0.2, -0.15) is 0 Å². The summed E-state index contributed by atoms with van der Waals surface area (Å²) in [7, 11) is 0. The second-order valence-electron chi connectivity index (χ2n) is 8.67. The fourth-order valence-corrected chi connectivity index (χ4v) is 5.39. The zero-order valence-corrected chi connectivity index (χ0v) is 15.7. The lowest BCUT2D eigenvalue weighted by molar-refractivity contribution is 0.139. The summed E-state index contributed by atoms with van der Waals surface area (Å²) in [5.41, 5.74) is 7.16. The summed E-state index contributed by atoms with van der Waals surface area (Å²) in [4.78, 5) is 0. The van der Waals surface area contributed by atoms with Gasteiger partial charge in [0.2, 0.25) is 0 Å². The zero-order valence-electron chi connectivity index (χ0n) is 15.7. The molecule has 0 aromatic rings. The number of rotatable bonds is 9. The standard InChI is InChI=1S/C22H37NO2/c23-11-5-1-2-8-17-12-18-15-22(25)20(21(18)14-17)10-9-19(24)13-16-6-3-4-7-16/h9-10,12,16,18-22,24-25H,1-8,11,13-15,23H2/t18-,19+,20+,21-,22+/m0/s1. The van der Waals surface area contributed by atoms with E-state index in [1.807, 2.05) is 6.08 Å². The van der Waals surface area contributed by atoms with Crippen molar-refractivity contribution >= 4 is 0 Å². The van der Waals surface area contributed by atoms with Crippen LogP contribution in [0.1, 0.15) is 70.6 Å². The van der Waals surface area contributed by atoms with E-state index in [-0.39, 0.29) is 18.1 Å². The smallest absolute Gasteiger partial charge is 0.0723 e. The van der Waals surface area contributed by atoms with E-state index in [1.54, 1.807) is 5.57 Å². The van der Waals surface area contributed by atoms with E-state index >= 15 is 0 Å². The summed E-state index contributed by atoms with van der Waals surface area (Å²) in [5, 5.41) is 20.8. The first-order valence-electron chi connectivity index (χ1n) is 10.6. The highest BCUT2D eigenvalue weighted by Gasteiger charge is 2.43. The quantitative estimate of drug-likeness (QED) is 0.437. The van der Waals surface area contributed by atoms with E-state index in [1.165, 1.54) is 44.9 Å². The van der Waals surface area contributed by atoms with Crippen LogP contribution >= 0.6 is 0 Å². The lowest BCUT2D eigenvalue weighted by Crippen LogP contribution is -2.18. The molecule has 4 N–H and O–H groups in total. The molecular formula is C22H37NO2. The summed E-state index contributed by atoms with van der Waals surface area (Å²) < 4.78 is 0. The van der Waals surface area contributed by atoms with Crippen molar-refractivity contribution < 1.29 is 10.2 Å². The number of hydrogen-bond acceptors (Lipinski definition) is 3. The normalized spacial score (nSPS) is 34.0. The summed E-state index contributed by atoms with van der Waals surface area (Å²) in [6.45, 7) is 0.798. The molecule has 0 radical (unpaired) electrons. The Bertz CT molecular complexity index is 467. The monoisotopic (exact) mass is 347 g/mol. The van der Waals surface area contributed by atoms with Gasteiger partial charge in [0.15, 0.2) is 0 Å². The highest BCUT2D eigenvalue weighted by Crippen LogP contribution is 2.48. The second kappa shape index (κ2) is 9.34. The number of unbranched alkanes of at least 4 members (excludes halogenated alkanes) is 2. The van der Waals surface area contributed by atoms with Gasteiger partial charge in [0.1, 0.15) is 0 Å². The van der Waals surface area contributed by atoms with Crippen molar-refractivity contribution in [3.63, 3.8) is 0 Å². The molecule has 5 atom stereocenters. The number of fused-ring (bicyclic) bond motifs is 1. The minimum absolute atomic E-state index is 0.223. The zero-order chi connectivity index (χ0) is 17.6. The molecule has 0 aliphatic heterocycles. The van der Waals surface area contributed by atoms with Crippen LogP contribution in [0.2, 0.25) is 0 Å². The van der Waals surface area contributed by atoms with Crippen LogP contribution in [0.4, 0.5) is 0 Å². The second-order valence-corrected chi connectivity index (χ2v) is 8.67. The van der Waals surface area contributed by atoms with Gasteiger partial charge in [-0.05, 0) is 62.8 Å². The third-order valence-corrected chi connectivity index (χ3v) is 6.76. The molecule has 2 fully saturated rings. The van der Waals surface area contributed by atoms with Crippen LogP contribution in [-0.2, 0) is 0 Å². The van der Waals surface area contributed by atoms with Gasteiger partial charge >= 0.3 is 0 Å². The van der Waals surface area contributed by atoms with E-state index in [0.717, 1.165) is 32.2 Å². The first-order chi connectivity index (χ1) is 12.2. The van der Waals surface area contributed by atoms with E-state index in [2.05, 4.69) is 12.2 Å². The van der Waals surface area contributed by atoms with Gasteiger partial charge in [-0.25, -0.2) is 0 Å². The Morgan fingerprint density at radius 1 is 1.20 bits per heavy atom. The van der Waals surface area contributed by atoms with Gasteiger partial charge < -0.3 is 15.9 Å². The minimum Gasteiger partial charge on any atom is -0.392 e. The number of aliphatic hydroxyl groups excluding tert-OH is 2. The topological polar surface area (TPSA) is 66.5 Å². The molecule has 0 aromatic heterocycles. The molecule has 0 amide bonds. The Morgan fingerprint density at radius 3 is 2.76 bits per heavy atom. The molecule has 3 rings (SSSR count). The van der Waals surface area contributed by atoms with Gasteiger partial charge in [0.05, 0.1) is 12.2 Å². The minimum atomic E-state index is -0.334. The summed E-state index contributed by atoms with van der Waals surface area (Å²) >= 11 is 0. The summed E-state index contributed by atoms with van der Waals surface area (Å²) in [6, 6.07) is 0. The highest BCUT2D eigenvalue weighted by molar-refractivity contribution is 5.21. The molecular weight excluding hydrogens is 310 g/mol. The summed E-state index contributed by atoms with van der Waals surface area (Å²) in [5.74, 6) is 2.02. The highest BCUT2D eigenvalue weighted by atomic mass is 16.3. The molecule has 2 saturated carbocycles. The number of allylic oxidation sites excluding steroid dienone is 2. The molecule has 3 heteroatoms. The van der Waals surface area contributed by atoms with Crippen molar-refractivity contribution in [3.8, 4) is 0 Å². The van der Waals surface area contributed by atoms with E-state index in [0.29, 0.717) is 17.8 Å². The predicted octanol–water partition coefficient (Wildman–Crippen LogP) is 3.95. The number of hydrogen-bond donors (Lipinski definition) is 3. The number of nitrogens with two attached hydrogens (primary N) is 1. The molecule has 0 aromatic carbocycles. The molecule has 0 heterocycles. The Hall–Kier alpha value is -0.640. The molecule has 3 aliphatic rings.